The van der Waals surface area contributed by atoms with Gasteiger partial charge in [0.25, 0.3) is 5.88 Å². The van der Waals surface area contributed by atoms with Gasteiger partial charge in [0.15, 0.2) is 17.4 Å². The molecule has 39 heavy (non-hydrogen) atoms. The highest BCUT2D eigenvalue weighted by Gasteiger charge is 2.56. The zero-order valence-electron chi connectivity index (χ0n) is 23.0. The number of phenols is 1. The van der Waals surface area contributed by atoms with Crippen LogP contribution in [-0.4, -0.2) is 57.7 Å². The van der Waals surface area contributed by atoms with Gasteiger partial charge in [-0.1, -0.05) is 26.3 Å². The standard InChI is InChI=1S/C30H36FN5O3/c1-29-10-5-11-30(2,17-29)26(31)22(14-29)36(20-7-8-20)25-16-32-27(35-34-25)21-9-6-18(12-23(21)37)19-13-24(38-3)28(39-4)33-15-19/h6,9,12-13,15-16,20,22,26,37H,5,7-8,10-11,14,17H2,1-4H3/t22-,26-,29-,30-/m1/s1. The maximum Gasteiger partial charge on any atom is 0.256 e. The average molecular weight is 534 g/mol. The summed E-state index contributed by atoms with van der Waals surface area (Å²) in [5, 5.41) is 19.8. The van der Waals surface area contributed by atoms with Gasteiger partial charge in [-0.3, -0.25) is 0 Å². The van der Waals surface area contributed by atoms with Crippen LogP contribution < -0.4 is 14.4 Å². The lowest BCUT2D eigenvalue weighted by atomic mass is 9.54. The number of rotatable bonds is 7. The van der Waals surface area contributed by atoms with E-state index in [0.717, 1.165) is 56.1 Å². The van der Waals surface area contributed by atoms with E-state index in [1.54, 1.807) is 37.7 Å². The number of anilines is 1. The van der Waals surface area contributed by atoms with Crippen LogP contribution in [0.4, 0.5) is 10.2 Å². The van der Waals surface area contributed by atoms with E-state index in [-0.39, 0.29) is 28.7 Å². The Morgan fingerprint density at radius 3 is 2.49 bits per heavy atom. The highest BCUT2D eigenvalue weighted by molar-refractivity contribution is 5.73. The normalized spacial score (nSPS) is 28.1. The largest absolute Gasteiger partial charge is 0.507 e. The number of fused-ring (bicyclic) bond motifs is 2. The minimum absolute atomic E-state index is 0.0284. The summed E-state index contributed by atoms with van der Waals surface area (Å²) in [6, 6.07) is 7.13. The third kappa shape index (κ3) is 4.66. The molecule has 4 atom stereocenters. The molecule has 2 bridgehead atoms. The highest BCUT2D eigenvalue weighted by atomic mass is 19.1. The number of ether oxygens (including phenoxy) is 2. The number of aromatic hydroxyl groups is 1. The third-order valence-corrected chi connectivity index (χ3v) is 8.98. The Labute approximate surface area is 228 Å². The lowest BCUT2D eigenvalue weighted by Gasteiger charge is -2.56. The molecule has 1 N–H and O–H groups in total. The number of benzene rings is 1. The van der Waals surface area contributed by atoms with E-state index in [9.17, 15) is 5.11 Å². The van der Waals surface area contributed by atoms with Crippen LogP contribution in [0.15, 0.2) is 36.7 Å². The number of alkyl halides is 1. The molecule has 3 fully saturated rings. The summed E-state index contributed by atoms with van der Waals surface area (Å²) in [5.74, 6) is 1.86. The van der Waals surface area contributed by atoms with Gasteiger partial charge in [0, 0.05) is 23.2 Å². The number of pyridine rings is 1. The van der Waals surface area contributed by atoms with Crippen molar-refractivity contribution in [3.63, 3.8) is 0 Å². The molecule has 8 nitrogen and oxygen atoms in total. The summed E-state index contributed by atoms with van der Waals surface area (Å²) < 4.78 is 26.7. The second kappa shape index (κ2) is 9.61. The van der Waals surface area contributed by atoms with E-state index in [1.807, 2.05) is 6.07 Å². The van der Waals surface area contributed by atoms with Crippen molar-refractivity contribution in [3.05, 3.63) is 36.7 Å². The van der Waals surface area contributed by atoms with Crippen molar-refractivity contribution in [2.75, 3.05) is 19.1 Å². The molecule has 0 unspecified atom stereocenters. The number of aromatic nitrogens is 4. The summed E-state index contributed by atoms with van der Waals surface area (Å²) in [5.41, 5.74) is 1.86. The van der Waals surface area contributed by atoms with Crippen LogP contribution in [0.3, 0.4) is 0 Å². The molecule has 2 aromatic heterocycles. The Balaban J connectivity index is 1.26. The van der Waals surface area contributed by atoms with Crippen molar-refractivity contribution >= 4 is 5.82 Å². The molecule has 9 heteroatoms. The molecular weight excluding hydrogens is 497 g/mol. The Hall–Kier alpha value is -3.49. The van der Waals surface area contributed by atoms with Crippen LogP contribution in [0.2, 0.25) is 0 Å². The van der Waals surface area contributed by atoms with Crippen LogP contribution in [0, 0.1) is 10.8 Å². The van der Waals surface area contributed by atoms with Crippen LogP contribution in [-0.2, 0) is 0 Å². The van der Waals surface area contributed by atoms with Gasteiger partial charge in [-0.05, 0) is 67.7 Å². The maximum atomic E-state index is 16.1. The van der Waals surface area contributed by atoms with Crippen molar-refractivity contribution in [3.8, 4) is 39.9 Å². The number of nitrogens with zero attached hydrogens (tertiary/aromatic N) is 5. The molecule has 3 aliphatic carbocycles. The van der Waals surface area contributed by atoms with Crippen LogP contribution in [0.25, 0.3) is 22.5 Å². The van der Waals surface area contributed by atoms with Gasteiger partial charge in [-0.2, -0.15) is 0 Å². The molecule has 0 saturated heterocycles. The summed E-state index contributed by atoms with van der Waals surface area (Å²) in [6.07, 6.45) is 9.49. The van der Waals surface area contributed by atoms with Gasteiger partial charge in [0.05, 0.1) is 32.0 Å². The lowest BCUT2D eigenvalue weighted by molar-refractivity contribution is -0.0554. The molecule has 3 aromatic rings. The summed E-state index contributed by atoms with van der Waals surface area (Å²) in [7, 11) is 3.08. The Morgan fingerprint density at radius 1 is 1.00 bits per heavy atom. The predicted octanol–water partition coefficient (Wildman–Crippen LogP) is 5.99. The van der Waals surface area contributed by atoms with Crippen LogP contribution in [0.1, 0.15) is 58.8 Å². The topological polar surface area (TPSA) is 93.5 Å². The molecule has 1 aromatic carbocycles. The molecular formula is C30H36FN5O3. The molecule has 0 radical (unpaired) electrons. The Morgan fingerprint density at radius 2 is 1.82 bits per heavy atom. The molecule has 0 spiro atoms. The smallest absolute Gasteiger partial charge is 0.256 e. The lowest BCUT2D eigenvalue weighted by Crippen LogP contribution is -2.58. The van der Waals surface area contributed by atoms with Gasteiger partial charge in [-0.15, -0.1) is 10.2 Å². The zero-order chi connectivity index (χ0) is 27.4. The molecule has 0 aliphatic heterocycles. The van der Waals surface area contributed by atoms with Gasteiger partial charge in [0.2, 0.25) is 0 Å². The van der Waals surface area contributed by atoms with Gasteiger partial charge in [0.1, 0.15) is 11.9 Å². The second-order valence-electron chi connectivity index (χ2n) is 12.1. The van der Waals surface area contributed by atoms with Crippen molar-refractivity contribution in [2.24, 2.45) is 10.8 Å². The minimum atomic E-state index is -0.907. The average Bonchev–Trinajstić information content (AvgIpc) is 3.77. The zero-order valence-corrected chi connectivity index (χ0v) is 23.0. The van der Waals surface area contributed by atoms with Crippen molar-refractivity contribution in [2.45, 2.75) is 77.0 Å². The van der Waals surface area contributed by atoms with Gasteiger partial charge < -0.3 is 19.5 Å². The van der Waals surface area contributed by atoms with E-state index < -0.39 is 6.17 Å². The fraction of sp³-hybridized carbons (Fsp3) is 0.533. The monoisotopic (exact) mass is 533 g/mol. The van der Waals surface area contributed by atoms with E-state index >= 15 is 4.39 Å². The Bertz CT molecular complexity index is 1370. The third-order valence-electron chi connectivity index (χ3n) is 8.98. The first-order valence-corrected chi connectivity index (χ1v) is 13.8. The summed E-state index contributed by atoms with van der Waals surface area (Å²) in [4.78, 5) is 11.0. The first-order valence-electron chi connectivity index (χ1n) is 13.8. The number of hydrogen-bond acceptors (Lipinski definition) is 8. The number of methoxy groups -OCH3 is 2. The maximum absolute atomic E-state index is 16.1. The fourth-order valence-corrected chi connectivity index (χ4v) is 7.07. The predicted molar refractivity (Wildman–Crippen MR) is 147 cm³/mol. The number of halogens is 1. The number of phenolic OH excluding ortho intramolecular Hbond substituents is 1. The summed E-state index contributed by atoms with van der Waals surface area (Å²) >= 11 is 0. The Kier molecular flexibility index (Phi) is 6.35. The molecule has 206 valence electrons. The molecule has 3 saturated carbocycles. The molecule has 3 aliphatic rings. The van der Waals surface area contributed by atoms with Crippen molar-refractivity contribution in [1.82, 2.24) is 20.2 Å². The van der Waals surface area contributed by atoms with E-state index in [1.165, 1.54) is 7.11 Å². The summed E-state index contributed by atoms with van der Waals surface area (Å²) in [6.45, 7) is 4.45. The van der Waals surface area contributed by atoms with Crippen molar-refractivity contribution < 1.29 is 19.0 Å². The highest BCUT2D eigenvalue weighted by Crippen LogP contribution is 2.58. The fourth-order valence-electron chi connectivity index (χ4n) is 7.07. The van der Waals surface area contributed by atoms with Gasteiger partial charge >= 0.3 is 0 Å². The SMILES string of the molecule is COc1cc(-c2ccc(-c3ncc(N(C4CC4)[C@@H]4C[C@@]5(C)CCC[C@](C)(C5)[C@@H]4F)nn3)c(O)c2)cnc1OC. The van der Waals surface area contributed by atoms with E-state index in [0.29, 0.717) is 28.8 Å². The van der Waals surface area contributed by atoms with Crippen LogP contribution >= 0.6 is 0 Å². The minimum Gasteiger partial charge on any atom is -0.507 e. The first-order chi connectivity index (χ1) is 18.7. The van der Waals surface area contributed by atoms with E-state index in [2.05, 4.69) is 38.9 Å². The quantitative estimate of drug-likeness (QED) is 0.396. The van der Waals surface area contributed by atoms with E-state index in [4.69, 9.17) is 9.47 Å². The van der Waals surface area contributed by atoms with Crippen LogP contribution in [0.5, 0.6) is 17.4 Å². The first kappa shape index (κ1) is 25.8. The van der Waals surface area contributed by atoms with Crippen molar-refractivity contribution in [1.29, 1.82) is 0 Å². The molecule has 2 heterocycles. The number of hydrogen-bond donors (Lipinski definition) is 1. The molecule has 6 rings (SSSR count). The van der Waals surface area contributed by atoms with Gasteiger partial charge in [-0.25, -0.2) is 14.4 Å². The molecule has 0 amide bonds. The second-order valence-corrected chi connectivity index (χ2v) is 12.1.